The van der Waals surface area contributed by atoms with Crippen molar-refractivity contribution in [3.63, 3.8) is 0 Å². The van der Waals surface area contributed by atoms with Gasteiger partial charge in [-0.05, 0) is 36.4 Å². The van der Waals surface area contributed by atoms with Crippen LogP contribution < -0.4 is 5.32 Å². The van der Waals surface area contributed by atoms with Gasteiger partial charge in [-0.15, -0.1) is 0 Å². The average molecular weight is 303 g/mol. The third-order valence-corrected chi connectivity index (χ3v) is 3.44. The van der Waals surface area contributed by atoms with Gasteiger partial charge >= 0.3 is 5.51 Å². The molecule has 20 heavy (non-hydrogen) atoms. The Balaban J connectivity index is 2.38. The molecule has 0 saturated heterocycles. The second-order valence-corrected chi connectivity index (χ2v) is 5.29. The first-order valence-electron chi connectivity index (χ1n) is 5.81. The predicted molar refractivity (Wildman–Crippen MR) is 69.9 cm³/mol. The first-order chi connectivity index (χ1) is 9.31. The molecule has 0 amide bonds. The smallest absolute Gasteiger partial charge is 0.446 e. The molecule has 0 radical (unpaired) electrons. The zero-order chi connectivity index (χ0) is 14.9. The maximum atomic E-state index is 12.4. The number of alkyl halides is 3. The first kappa shape index (κ1) is 14.8. The lowest BCUT2D eigenvalue weighted by atomic mass is 10.0. The van der Waals surface area contributed by atoms with Crippen LogP contribution in [0, 0.1) is 0 Å². The lowest BCUT2D eigenvalue weighted by Gasteiger charge is -2.08. The van der Waals surface area contributed by atoms with Gasteiger partial charge in [0.1, 0.15) is 0 Å². The number of halogens is 3. The minimum absolute atomic E-state index is 0.0327. The van der Waals surface area contributed by atoms with E-state index in [0.29, 0.717) is 5.56 Å². The van der Waals surface area contributed by atoms with Crippen molar-refractivity contribution in [3.8, 4) is 0 Å². The van der Waals surface area contributed by atoms with Crippen LogP contribution >= 0.6 is 11.8 Å². The molecule has 2 rings (SSSR count). The normalized spacial score (nSPS) is 19.2. The second-order valence-electron chi connectivity index (χ2n) is 4.15. The molecule has 0 aliphatic carbocycles. The Labute approximate surface area is 118 Å². The number of nitrogens with one attached hydrogen (secondary N) is 1. The largest absolute Gasteiger partial charge is 0.467 e. The second kappa shape index (κ2) is 5.40. The zero-order valence-corrected chi connectivity index (χ0v) is 11.6. The summed E-state index contributed by atoms with van der Waals surface area (Å²) in [6.07, 6.45) is -0.633. The third-order valence-electron chi connectivity index (χ3n) is 2.72. The van der Waals surface area contributed by atoms with Crippen LogP contribution in [0.5, 0.6) is 0 Å². The van der Waals surface area contributed by atoms with E-state index in [2.05, 4.69) is 5.32 Å². The molecule has 0 bridgehead atoms. The van der Waals surface area contributed by atoms with Crippen molar-refractivity contribution in [3.05, 3.63) is 35.7 Å². The molecule has 0 saturated carbocycles. The van der Waals surface area contributed by atoms with E-state index >= 15 is 0 Å². The third kappa shape index (κ3) is 3.09. The molecule has 3 nitrogen and oxygen atoms in total. The molecule has 1 aromatic rings. The molecular formula is C13H12F3NO2S. The Morgan fingerprint density at radius 2 is 2.05 bits per heavy atom. The summed E-state index contributed by atoms with van der Waals surface area (Å²) in [6, 6.07) is 5.77. The van der Waals surface area contributed by atoms with E-state index in [-0.39, 0.29) is 33.9 Å². The predicted octanol–water partition coefficient (Wildman–Crippen LogP) is 3.17. The van der Waals surface area contributed by atoms with Gasteiger partial charge in [-0.2, -0.15) is 13.2 Å². The molecule has 0 fully saturated rings. The first-order valence-corrected chi connectivity index (χ1v) is 6.62. The van der Waals surface area contributed by atoms with Crippen LogP contribution in [0.2, 0.25) is 0 Å². The van der Waals surface area contributed by atoms with Crippen molar-refractivity contribution in [2.75, 3.05) is 7.05 Å². The molecule has 1 aliphatic rings. The molecule has 1 N–H and O–H groups in total. The molecular weight excluding hydrogens is 291 g/mol. The van der Waals surface area contributed by atoms with E-state index in [1.807, 2.05) is 0 Å². The Hall–Kier alpha value is -1.63. The van der Waals surface area contributed by atoms with E-state index < -0.39 is 11.6 Å². The van der Waals surface area contributed by atoms with Crippen molar-refractivity contribution in [2.24, 2.45) is 0 Å². The van der Waals surface area contributed by atoms with E-state index in [0.717, 1.165) is 0 Å². The number of Topliss-reactive ketones (excluding diaryl/α,β-unsaturated/α-hetero) is 1. The minimum Gasteiger partial charge on any atom is -0.467 e. The van der Waals surface area contributed by atoms with Gasteiger partial charge in [-0.3, -0.25) is 4.79 Å². The number of hydrogen-bond acceptors (Lipinski definition) is 4. The van der Waals surface area contributed by atoms with Crippen LogP contribution in [0.4, 0.5) is 13.2 Å². The van der Waals surface area contributed by atoms with Crippen LogP contribution in [0.15, 0.2) is 35.0 Å². The lowest BCUT2D eigenvalue weighted by Crippen LogP contribution is -2.13. The van der Waals surface area contributed by atoms with Crippen molar-refractivity contribution < 1.29 is 22.7 Å². The van der Waals surface area contributed by atoms with Crippen LogP contribution in [0.1, 0.15) is 12.5 Å². The number of carbonyl (C=O) groups excluding carboxylic acids is 1. The summed E-state index contributed by atoms with van der Waals surface area (Å²) in [4.78, 5) is 12.1. The van der Waals surface area contributed by atoms with E-state index in [4.69, 9.17) is 4.74 Å². The maximum Gasteiger partial charge on any atom is 0.446 e. The highest BCUT2D eigenvalue weighted by molar-refractivity contribution is 8.00. The molecule has 1 heterocycles. The Bertz CT molecular complexity index is 569. The topological polar surface area (TPSA) is 38.3 Å². The lowest BCUT2D eigenvalue weighted by molar-refractivity contribution is -0.119. The molecule has 1 aromatic carbocycles. The van der Waals surface area contributed by atoms with Crippen molar-refractivity contribution in [1.82, 2.24) is 5.32 Å². The summed E-state index contributed by atoms with van der Waals surface area (Å²) in [5.74, 6) is 0.0418. The van der Waals surface area contributed by atoms with E-state index in [1.54, 1.807) is 20.0 Å². The van der Waals surface area contributed by atoms with Gasteiger partial charge < -0.3 is 10.1 Å². The van der Waals surface area contributed by atoms with Crippen LogP contribution in [-0.2, 0) is 9.53 Å². The quantitative estimate of drug-likeness (QED) is 0.871. The summed E-state index contributed by atoms with van der Waals surface area (Å²) in [6.45, 7) is 1.60. The Morgan fingerprint density at radius 3 is 2.65 bits per heavy atom. The Morgan fingerprint density at radius 1 is 1.35 bits per heavy atom. The number of carbonyl (C=O) groups is 1. The van der Waals surface area contributed by atoms with Crippen LogP contribution in [0.3, 0.4) is 0 Å². The van der Waals surface area contributed by atoms with E-state index in [9.17, 15) is 18.0 Å². The van der Waals surface area contributed by atoms with Gasteiger partial charge in [0.15, 0.2) is 12.0 Å². The molecule has 1 aliphatic heterocycles. The molecule has 1 unspecified atom stereocenters. The fourth-order valence-corrected chi connectivity index (χ4v) is 2.51. The number of benzene rings is 1. The molecule has 108 valence electrons. The highest BCUT2D eigenvalue weighted by Crippen LogP contribution is 2.38. The van der Waals surface area contributed by atoms with Crippen molar-refractivity contribution in [2.45, 2.75) is 23.4 Å². The van der Waals surface area contributed by atoms with Gasteiger partial charge in [-0.25, -0.2) is 0 Å². The number of rotatable bonds is 3. The highest BCUT2D eigenvalue weighted by Gasteiger charge is 2.33. The standard InChI is InChI=1S/C13H12F3NO2S/c1-7-11(18)10(12(17-2)19-7)8-4-3-5-9(6-8)20-13(14,15)16/h3-7,17H,1-2H3. The number of hydrogen-bond donors (Lipinski definition) is 1. The summed E-state index contributed by atoms with van der Waals surface area (Å²) >= 11 is -0.211. The van der Waals surface area contributed by atoms with Gasteiger partial charge in [0, 0.05) is 11.9 Å². The van der Waals surface area contributed by atoms with Gasteiger partial charge in [0.2, 0.25) is 5.78 Å². The van der Waals surface area contributed by atoms with Gasteiger partial charge in [-0.1, -0.05) is 12.1 Å². The van der Waals surface area contributed by atoms with Crippen molar-refractivity contribution in [1.29, 1.82) is 0 Å². The number of thioether (sulfide) groups is 1. The minimum atomic E-state index is -4.36. The SMILES string of the molecule is CNC1=C(c2cccc(SC(F)(F)F)c2)C(=O)C(C)O1. The average Bonchev–Trinajstić information content (AvgIpc) is 2.63. The number of ether oxygens (including phenoxy) is 1. The molecule has 1 atom stereocenters. The highest BCUT2D eigenvalue weighted by atomic mass is 32.2. The molecule has 7 heteroatoms. The fraction of sp³-hybridized carbons (Fsp3) is 0.308. The monoisotopic (exact) mass is 303 g/mol. The van der Waals surface area contributed by atoms with Crippen LogP contribution in [-0.4, -0.2) is 24.4 Å². The summed E-state index contributed by atoms with van der Waals surface area (Å²) in [5.41, 5.74) is -3.66. The molecule has 0 spiro atoms. The van der Waals surface area contributed by atoms with E-state index in [1.165, 1.54) is 18.2 Å². The summed E-state index contributed by atoms with van der Waals surface area (Å²) < 4.78 is 42.5. The van der Waals surface area contributed by atoms with Gasteiger partial charge in [0.05, 0.1) is 5.57 Å². The Kier molecular flexibility index (Phi) is 3.99. The van der Waals surface area contributed by atoms with Gasteiger partial charge in [0.25, 0.3) is 0 Å². The molecule has 0 aromatic heterocycles. The summed E-state index contributed by atoms with van der Waals surface area (Å²) in [5, 5.41) is 2.75. The zero-order valence-electron chi connectivity index (χ0n) is 10.7. The van der Waals surface area contributed by atoms with Crippen LogP contribution in [0.25, 0.3) is 5.57 Å². The number of ketones is 1. The fourth-order valence-electron chi connectivity index (χ4n) is 1.91. The van der Waals surface area contributed by atoms with Crippen molar-refractivity contribution >= 4 is 23.1 Å². The maximum absolute atomic E-state index is 12.4. The summed E-state index contributed by atoms with van der Waals surface area (Å²) in [7, 11) is 1.59.